The molecule has 5 heteroatoms. The minimum absolute atomic E-state index is 0.226. The molecule has 0 unspecified atom stereocenters. The van der Waals surface area contributed by atoms with Crippen molar-refractivity contribution in [1.29, 1.82) is 0 Å². The van der Waals surface area contributed by atoms with E-state index in [1.807, 2.05) is 25.1 Å². The van der Waals surface area contributed by atoms with E-state index in [4.69, 9.17) is 10.9 Å². The molecule has 19 heavy (non-hydrogen) atoms. The topological polar surface area (TPSA) is 74.7 Å². The fraction of sp³-hybridized carbons (Fsp3) is 0.286. The molecule has 0 fully saturated rings. The number of hydrogen-bond acceptors (Lipinski definition) is 4. The van der Waals surface area contributed by atoms with Crippen molar-refractivity contribution in [3.8, 4) is 0 Å². The SMILES string of the molecule is CCN(CC(N)=NO)Cc1ccc2ncccc2c1. The van der Waals surface area contributed by atoms with Gasteiger partial charge in [-0.15, -0.1) is 0 Å². The minimum Gasteiger partial charge on any atom is -0.409 e. The third-order valence-corrected chi connectivity index (χ3v) is 3.03. The van der Waals surface area contributed by atoms with Crippen LogP contribution in [0.25, 0.3) is 10.9 Å². The minimum atomic E-state index is 0.226. The molecule has 0 aliphatic rings. The third kappa shape index (κ3) is 3.42. The lowest BCUT2D eigenvalue weighted by Crippen LogP contribution is -2.33. The van der Waals surface area contributed by atoms with Gasteiger partial charge in [0, 0.05) is 18.1 Å². The molecule has 100 valence electrons. The molecular weight excluding hydrogens is 240 g/mol. The summed E-state index contributed by atoms with van der Waals surface area (Å²) in [6, 6.07) is 10.2. The van der Waals surface area contributed by atoms with Crippen LogP contribution in [-0.2, 0) is 6.54 Å². The number of pyridine rings is 1. The maximum Gasteiger partial charge on any atom is 0.153 e. The standard InChI is InChI=1S/C14H18N4O/c1-2-18(10-14(15)17-19)9-11-5-6-13-12(8-11)4-3-7-16-13/h3-8,19H,2,9-10H2,1H3,(H2,15,17). The summed E-state index contributed by atoms with van der Waals surface area (Å²) in [6.07, 6.45) is 1.79. The van der Waals surface area contributed by atoms with Crippen molar-refractivity contribution in [3.63, 3.8) is 0 Å². The van der Waals surface area contributed by atoms with Crippen molar-refractivity contribution in [1.82, 2.24) is 9.88 Å². The Morgan fingerprint density at radius 1 is 1.42 bits per heavy atom. The number of oxime groups is 1. The van der Waals surface area contributed by atoms with Crippen LogP contribution in [-0.4, -0.2) is 34.0 Å². The first kappa shape index (κ1) is 13.3. The van der Waals surface area contributed by atoms with Gasteiger partial charge in [-0.2, -0.15) is 0 Å². The molecule has 1 heterocycles. The lowest BCUT2D eigenvalue weighted by atomic mass is 10.1. The maximum absolute atomic E-state index is 8.61. The molecule has 0 aliphatic carbocycles. The average molecular weight is 258 g/mol. The second kappa shape index (κ2) is 6.15. The number of fused-ring (bicyclic) bond motifs is 1. The van der Waals surface area contributed by atoms with Crippen LogP contribution in [0, 0.1) is 0 Å². The van der Waals surface area contributed by atoms with Crippen LogP contribution in [0.5, 0.6) is 0 Å². The van der Waals surface area contributed by atoms with Gasteiger partial charge in [-0.1, -0.05) is 24.2 Å². The Bertz CT molecular complexity index is 582. The third-order valence-electron chi connectivity index (χ3n) is 3.03. The molecule has 1 aromatic carbocycles. The number of aromatic nitrogens is 1. The van der Waals surface area contributed by atoms with E-state index in [1.165, 1.54) is 5.56 Å². The van der Waals surface area contributed by atoms with Crippen LogP contribution in [0.15, 0.2) is 41.7 Å². The smallest absolute Gasteiger partial charge is 0.153 e. The molecule has 2 aromatic rings. The number of nitrogens with zero attached hydrogens (tertiary/aromatic N) is 3. The fourth-order valence-corrected chi connectivity index (χ4v) is 2.02. The Kier molecular flexibility index (Phi) is 4.30. The van der Waals surface area contributed by atoms with Gasteiger partial charge in [0.05, 0.1) is 12.1 Å². The van der Waals surface area contributed by atoms with Crippen LogP contribution in [0.1, 0.15) is 12.5 Å². The van der Waals surface area contributed by atoms with E-state index in [9.17, 15) is 0 Å². The van der Waals surface area contributed by atoms with Crippen LogP contribution in [0.2, 0.25) is 0 Å². The first-order chi connectivity index (χ1) is 9.22. The Morgan fingerprint density at radius 3 is 3.00 bits per heavy atom. The lowest BCUT2D eigenvalue weighted by Gasteiger charge is -2.19. The number of benzene rings is 1. The predicted molar refractivity (Wildman–Crippen MR) is 76.1 cm³/mol. The quantitative estimate of drug-likeness (QED) is 0.371. The highest BCUT2D eigenvalue weighted by atomic mass is 16.4. The Balaban J connectivity index is 2.15. The summed E-state index contributed by atoms with van der Waals surface area (Å²) in [6.45, 7) is 4.10. The highest BCUT2D eigenvalue weighted by molar-refractivity contribution is 5.81. The lowest BCUT2D eigenvalue weighted by molar-refractivity contribution is 0.295. The summed E-state index contributed by atoms with van der Waals surface area (Å²) in [5.74, 6) is 0.226. The van der Waals surface area contributed by atoms with E-state index in [0.29, 0.717) is 6.54 Å². The molecule has 5 nitrogen and oxygen atoms in total. The zero-order valence-corrected chi connectivity index (χ0v) is 11.0. The van der Waals surface area contributed by atoms with Gasteiger partial charge in [0.2, 0.25) is 0 Å². The van der Waals surface area contributed by atoms with Gasteiger partial charge >= 0.3 is 0 Å². The monoisotopic (exact) mass is 258 g/mol. The van der Waals surface area contributed by atoms with Crippen molar-refractivity contribution >= 4 is 16.7 Å². The summed E-state index contributed by atoms with van der Waals surface area (Å²) in [5, 5.41) is 12.8. The number of likely N-dealkylation sites (N-methyl/N-ethyl adjacent to an activating group) is 1. The van der Waals surface area contributed by atoms with Gasteiger partial charge in [0.25, 0.3) is 0 Å². The first-order valence-corrected chi connectivity index (χ1v) is 6.25. The van der Waals surface area contributed by atoms with Crippen molar-refractivity contribution in [3.05, 3.63) is 42.1 Å². The predicted octanol–water partition coefficient (Wildman–Crippen LogP) is 1.80. The highest BCUT2D eigenvalue weighted by Crippen LogP contribution is 2.14. The maximum atomic E-state index is 8.61. The molecule has 0 amide bonds. The molecule has 0 radical (unpaired) electrons. The molecule has 1 aromatic heterocycles. The molecule has 0 bridgehead atoms. The van der Waals surface area contributed by atoms with Crippen molar-refractivity contribution < 1.29 is 5.21 Å². The normalized spacial score (nSPS) is 12.2. The number of hydrogen-bond donors (Lipinski definition) is 2. The average Bonchev–Trinajstić information content (AvgIpc) is 2.46. The Labute approximate surface area is 112 Å². The summed E-state index contributed by atoms with van der Waals surface area (Å²) in [7, 11) is 0. The van der Waals surface area contributed by atoms with Crippen molar-refractivity contribution in [2.75, 3.05) is 13.1 Å². The van der Waals surface area contributed by atoms with E-state index in [1.54, 1.807) is 6.20 Å². The van der Waals surface area contributed by atoms with Gasteiger partial charge in [-0.05, 0) is 30.3 Å². The van der Waals surface area contributed by atoms with E-state index in [2.05, 4.69) is 27.2 Å². The van der Waals surface area contributed by atoms with Gasteiger partial charge in [-0.25, -0.2) is 0 Å². The molecule has 2 rings (SSSR count). The molecule has 0 atom stereocenters. The van der Waals surface area contributed by atoms with Crippen LogP contribution >= 0.6 is 0 Å². The van der Waals surface area contributed by atoms with Crippen LogP contribution in [0.4, 0.5) is 0 Å². The van der Waals surface area contributed by atoms with E-state index >= 15 is 0 Å². The largest absolute Gasteiger partial charge is 0.409 e. The first-order valence-electron chi connectivity index (χ1n) is 6.25. The zero-order valence-electron chi connectivity index (χ0n) is 11.0. The summed E-state index contributed by atoms with van der Waals surface area (Å²) in [4.78, 5) is 6.40. The van der Waals surface area contributed by atoms with Crippen molar-refractivity contribution in [2.24, 2.45) is 10.9 Å². The second-order valence-corrected chi connectivity index (χ2v) is 4.43. The summed E-state index contributed by atoms with van der Waals surface area (Å²) >= 11 is 0. The van der Waals surface area contributed by atoms with Crippen LogP contribution < -0.4 is 5.73 Å². The second-order valence-electron chi connectivity index (χ2n) is 4.43. The number of nitrogens with two attached hydrogens (primary N) is 1. The summed E-state index contributed by atoms with van der Waals surface area (Å²) < 4.78 is 0. The Hall–Kier alpha value is -2.14. The molecule has 0 saturated carbocycles. The zero-order chi connectivity index (χ0) is 13.7. The number of amidine groups is 1. The molecule has 3 N–H and O–H groups in total. The van der Waals surface area contributed by atoms with Gasteiger partial charge in [0.15, 0.2) is 5.84 Å². The number of rotatable bonds is 5. The molecular formula is C14H18N4O. The van der Waals surface area contributed by atoms with Crippen LogP contribution in [0.3, 0.4) is 0 Å². The van der Waals surface area contributed by atoms with Crippen molar-refractivity contribution in [2.45, 2.75) is 13.5 Å². The van der Waals surface area contributed by atoms with Gasteiger partial charge in [0.1, 0.15) is 0 Å². The molecule has 0 spiro atoms. The molecule has 0 saturated heterocycles. The summed E-state index contributed by atoms with van der Waals surface area (Å²) in [5.41, 5.74) is 7.72. The highest BCUT2D eigenvalue weighted by Gasteiger charge is 2.07. The fourth-order valence-electron chi connectivity index (χ4n) is 2.02. The van der Waals surface area contributed by atoms with E-state index < -0.39 is 0 Å². The van der Waals surface area contributed by atoms with Gasteiger partial charge < -0.3 is 10.9 Å². The van der Waals surface area contributed by atoms with E-state index in [0.717, 1.165) is 24.0 Å². The van der Waals surface area contributed by atoms with Gasteiger partial charge in [-0.3, -0.25) is 9.88 Å². The molecule has 0 aliphatic heterocycles. The Morgan fingerprint density at radius 2 is 2.26 bits per heavy atom. The van der Waals surface area contributed by atoms with E-state index in [-0.39, 0.29) is 5.84 Å².